The first kappa shape index (κ1) is 15.7. The zero-order valence-corrected chi connectivity index (χ0v) is 12.7. The average molecular weight is 287 g/mol. The van der Waals surface area contributed by atoms with Gasteiger partial charge in [-0.05, 0) is 30.2 Å². The Morgan fingerprint density at radius 3 is 2.81 bits per heavy atom. The van der Waals surface area contributed by atoms with Crippen molar-refractivity contribution in [1.82, 2.24) is 4.98 Å². The normalized spacial score (nSPS) is 12.5. The Balaban J connectivity index is 2.08. The van der Waals surface area contributed by atoms with Crippen LogP contribution in [-0.4, -0.2) is 18.1 Å². The fourth-order valence-corrected chi connectivity index (χ4v) is 2.41. The van der Waals surface area contributed by atoms with E-state index in [0.717, 1.165) is 35.2 Å². The number of nitrogens with two attached hydrogens (primary N) is 2. The number of nitrogens with zero attached hydrogens (tertiary/aromatic N) is 1. The Kier molecular flexibility index (Phi) is 5.96. The van der Waals surface area contributed by atoms with E-state index in [9.17, 15) is 0 Å². The molecule has 1 aromatic heterocycles. The maximum absolute atomic E-state index is 6.04. The third kappa shape index (κ3) is 4.16. The molecule has 0 fully saturated rings. The van der Waals surface area contributed by atoms with Gasteiger partial charge in [-0.2, -0.15) is 0 Å². The second-order valence-electron chi connectivity index (χ2n) is 5.33. The molecule has 0 saturated carbocycles. The molecule has 1 atom stereocenters. The summed E-state index contributed by atoms with van der Waals surface area (Å²) in [5.74, 6) is 0.866. The smallest absolute Gasteiger partial charge is 0.121 e. The molecule has 0 spiro atoms. The van der Waals surface area contributed by atoms with Gasteiger partial charge in [-0.15, -0.1) is 0 Å². The molecule has 4 nitrogen and oxygen atoms in total. The maximum Gasteiger partial charge on any atom is 0.121 e. The Morgan fingerprint density at radius 1 is 1.19 bits per heavy atom. The molecule has 114 valence electrons. The lowest BCUT2D eigenvalue weighted by molar-refractivity contribution is 0.305. The van der Waals surface area contributed by atoms with Crippen molar-refractivity contribution >= 4 is 10.9 Å². The molecule has 4 N–H and O–H groups in total. The minimum atomic E-state index is -0.156. The molecular formula is C17H25N3O. The van der Waals surface area contributed by atoms with Crippen LogP contribution in [-0.2, 0) is 0 Å². The van der Waals surface area contributed by atoms with E-state index in [0.29, 0.717) is 6.54 Å². The van der Waals surface area contributed by atoms with Crippen LogP contribution < -0.4 is 16.2 Å². The van der Waals surface area contributed by atoms with Gasteiger partial charge >= 0.3 is 0 Å². The van der Waals surface area contributed by atoms with E-state index in [-0.39, 0.29) is 6.04 Å². The summed E-state index contributed by atoms with van der Waals surface area (Å²) in [6, 6.07) is 7.76. The van der Waals surface area contributed by atoms with Crippen molar-refractivity contribution in [3.63, 3.8) is 0 Å². The van der Waals surface area contributed by atoms with Crippen LogP contribution in [0.5, 0.6) is 5.75 Å². The van der Waals surface area contributed by atoms with Gasteiger partial charge in [0.1, 0.15) is 5.75 Å². The first-order valence-corrected chi connectivity index (χ1v) is 7.73. The highest BCUT2D eigenvalue weighted by molar-refractivity contribution is 5.83. The van der Waals surface area contributed by atoms with Crippen LogP contribution in [0.25, 0.3) is 10.9 Å². The molecule has 0 aliphatic carbocycles. The van der Waals surface area contributed by atoms with Crippen molar-refractivity contribution in [2.24, 2.45) is 11.5 Å². The highest BCUT2D eigenvalue weighted by Crippen LogP contribution is 2.25. The Labute approximate surface area is 126 Å². The third-order valence-electron chi connectivity index (χ3n) is 3.67. The standard InChI is InChI=1S/C17H25N3O/c1-2-3-4-5-10-21-13-6-7-15-14(16(19)12-18)8-9-20-17(15)11-13/h6-9,11,16H,2-5,10,12,18-19H2,1H3. The number of hydrogen-bond donors (Lipinski definition) is 2. The number of ether oxygens (including phenoxy) is 1. The molecule has 2 rings (SSSR count). The molecule has 1 heterocycles. The molecule has 0 amide bonds. The topological polar surface area (TPSA) is 74.2 Å². The molecule has 4 heteroatoms. The molecule has 0 radical (unpaired) electrons. The molecular weight excluding hydrogens is 262 g/mol. The van der Waals surface area contributed by atoms with Crippen LogP contribution in [0, 0.1) is 0 Å². The summed E-state index contributed by atoms with van der Waals surface area (Å²) in [4.78, 5) is 4.40. The lowest BCUT2D eigenvalue weighted by atomic mass is 10.0. The predicted octanol–water partition coefficient (Wildman–Crippen LogP) is 3.15. The van der Waals surface area contributed by atoms with Gasteiger partial charge < -0.3 is 16.2 Å². The van der Waals surface area contributed by atoms with E-state index < -0.39 is 0 Å². The first-order chi connectivity index (χ1) is 10.3. The van der Waals surface area contributed by atoms with Gasteiger partial charge in [-0.25, -0.2) is 0 Å². The van der Waals surface area contributed by atoms with E-state index in [1.807, 2.05) is 24.3 Å². The number of hydrogen-bond acceptors (Lipinski definition) is 4. The van der Waals surface area contributed by atoms with E-state index >= 15 is 0 Å². The predicted molar refractivity (Wildman–Crippen MR) is 87.4 cm³/mol. The highest BCUT2D eigenvalue weighted by atomic mass is 16.5. The molecule has 1 unspecified atom stereocenters. The van der Waals surface area contributed by atoms with E-state index in [2.05, 4.69) is 11.9 Å². The zero-order chi connectivity index (χ0) is 15.1. The lowest BCUT2D eigenvalue weighted by Crippen LogP contribution is -2.21. The number of benzene rings is 1. The van der Waals surface area contributed by atoms with Crippen LogP contribution in [0.2, 0.25) is 0 Å². The van der Waals surface area contributed by atoms with E-state index in [1.54, 1.807) is 6.20 Å². The molecule has 0 bridgehead atoms. The largest absolute Gasteiger partial charge is 0.494 e. The Hall–Kier alpha value is -1.65. The summed E-state index contributed by atoms with van der Waals surface area (Å²) in [5, 5.41) is 1.05. The fourth-order valence-electron chi connectivity index (χ4n) is 2.41. The summed E-state index contributed by atoms with van der Waals surface area (Å²) in [6.45, 7) is 3.39. The number of unbranched alkanes of at least 4 members (excludes halogenated alkanes) is 3. The Bertz CT molecular complexity index is 571. The quantitative estimate of drug-likeness (QED) is 0.731. The average Bonchev–Trinajstić information content (AvgIpc) is 2.53. The number of rotatable bonds is 8. The summed E-state index contributed by atoms with van der Waals surface area (Å²) in [6.07, 6.45) is 6.60. The summed E-state index contributed by atoms with van der Waals surface area (Å²) in [5.41, 5.74) is 13.6. The number of aromatic nitrogens is 1. The van der Waals surface area contributed by atoms with Gasteiger partial charge in [-0.1, -0.05) is 26.2 Å². The minimum absolute atomic E-state index is 0.156. The van der Waals surface area contributed by atoms with Crippen LogP contribution in [0.1, 0.15) is 44.2 Å². The number of fused-ring (bicyclic) bond motifs is 1. The number of pyridine rings is 1. The first-order valence-electron chi connectivity index (χ1n) is 7.73. The van der Waals surface area contributed by atoms with Crippen molar-refractivity contribution < 1.29 is 4.74 Å². The van der Waals surface area contributed by atoms with Crippen molar-refractivity contribution in [2.45, 2.75) is 38.6 Å². The van der Waals surface area contributed by atoms with Gasteiger partial charge in [0.25, 0.3) is 0 Å². The van der Waals surface area contributed by atoms with Gasteiger partial charge in [0.05, 0.1) is 12.1 Å². The van der Waals surface area contributed by atoms with Crippen LogP contribution in [0.15, 0.2) is 30.5 Å². The van der Waals surface area contributed by atoms with Gasteiger partial charge in [0, 0.05) is 30.2 Å². The van der Waals surface area contributed by atoms with Crippen molar-refractivity contribution in [3.05, 3.63) is 36.0 Å². The fraction of sp³-hybridized carbons (Fsp3) is 0.471. The SMILES string of the molecule is CCCCCCOc1ccc2c(C(N)CN)ccnc2c1. The van der Waals surface area contributed by atoms with E-state index in [1.165, 1.54) is 19.3 Å². The van der Waals surface area contributed by atoms with Gasteiger partial charge in [0.2, 0.25) is 0 Å². The van der Waals surface area contributed by atoms with Gasteiger partial charge in [-0.3, -0.25) is 4.98 Å². The lowest BCUT2D eigenvalue weighted by Gasteiger charge is -2.13. The zero-order valence-electron chi connectivity index (χ0n) is 12.7. The summed E-state index contributed by atoms with van der Waals surface area (Å²) >= 11 is 0. The third-order valence-corrected chi connectivity index (χ3v) is 3.67. The molecule has 2 aromatic rings. The summed E-state index contributed by atoms with van der Waals surface area (Å²) < 4.78 is 5.79. The van der Waals surface area contributed by atoms with Crippen LogP contribution >= 0.6 is 0 Å². The monoisotopic (exact) mass is 287 g/mol. The van der Waals surface area contributed by atoms with Crippen molar-refractivity contribution in [1.29, 1.82) is 0 Å². The minimum Gasteiger partial charge on any atom is -0.494 e. The van der Waals surface area contributed by atoms with E-state index in [4.69, 9.17) is 16.2 Å². The molecule has 21 heavy (non-hydrogen) atoms. The second-order valence-corrected chi connectivity index (χ2v) is 5.33. The second kappa shape index (κ2) is 7.96. The Morgan fingerprint density at radius 2 is 2.05 bits per heavy atom. The molecule has 1 aromatic carbocycles. The molecule has 0 aliphatic heterocycles. The summed E-state index contributed by atoms with van der Waals surface area (Å²) in [7, 11) is 0. The van der Waals surface area contributed by atoms with Gasteiger partial charge in [0.15, 0.2) is 0 Å². The molecule has 0 saturated heterocycles. The van der Waals surface area contributed by atoms with Crippen molar-refractivity contribution in [2.75, 3.05) is 13.2 Å². The van der Waals surface area contributed by atoms with Crippen molar-refractivity contribution in [3.8, 4) is 5.75 Å². The maximum atomic E-state index is 6.04. The molecule has 0 aliphatic rings. The van der Waals surface area contributed by atoms with Crippen LogP contribution in [0.4, 0.5) is 0 Å². The van der Waals surface area contributed by atoms with Crippen LogP contribution in [0.3, 0.4) is 0 Å². The highest BCUT2D eigenvalue weighted by Gasteiger charge is 2.09.